The molecule has 0 unspecified atom stereocenters. The number of nitrogens with one attached hydrogen (secondary N) is 1. The second-order valence-electron chi connectivity index (χ2n) is 5.49. The molecule has 1 amide bonds. The van der Waals surface area contributed by atoms with Crippen LogP contribution in [-0.4, -0.2) is 28.6 Å². The fourth-order valence-electron chi connectivity index (χ4n) is 2.42. The molecule has 1 aliphatic rings. The molecule has 2 aromatic carbocycles. The Morgan fingerprint density at radius 2 is 1.96 bits per heavy atom. The van der Waals surface area contributed by atoms with Crippen molar-refractivity contribution in [3.63, 3.8) is 0 Å². The van der Waals surface area contributed by atoms with Gasteiger partial charge in [0.2, 0.25) is 24.4 Å². The van der Waals surface area contributed by atoms with Crippen LogP contribution in [0, 0.1) is 0 Å². The number of aromatic nitrogens is 2. The predicted octanol–water partition coefficient (Wildman–Crippen LogP) is 3.34. The van der Waals surface area contributed by atoms with Crippen molar-refractivity contribution in [2.75, 3.05) is 17.9 Å². The number of hydrogen-bond acceptors (Lipinski definition) is 7. The Hall–Kier alpha value is -3.00. The van der Waals surface area contributed by atoms with Gasteiger partial charge >= 0.3 is 0 Å². The van der Waals surface area contributed by atoms with Gasteiger partial charge < -0.3 is 19.3 Å². The molecule has 1 N–H and O–H groups in total. The van der Waals surface area contributed by atoms with Gasteiger partial charge in [0.1, 0.15) is 0 Å². The van der Waals surface area contributed by atoms with Gasteiger partial charge in [-0.2, -0.15) is 4.98 Å². The number of amides is 1. The average Bonchev–Trinajstić information content (AvgIpc) is 3.31. The molecule has 3 aromatic rings. The lowest BCUT2D eigenvalue weighted by Gasteiger charge is -2.05. The second-order valence-corrected chi connectivity index (χ2v) is 6.47. The summed E-state index contributed by atoms with van der Waals surface area (Å²) in [4.78, 5) is 16.4. The number of hydrogen-bond donors (Lipinski definition) is 1. The smallest absolute Gasteiger partial charge is 0.236 e. The largest absolute Gasteiger partial charge is 0.454 e. The first-order valence-corrected chi connectivity index (χ1v) is 9.09. The van der Waals surface area contributed by atoms with Crippen LogP contribution >= 0.6 is 11.8 Å². The van der Waals surface area contributed by atoms with Crippen molar-refractivity contribution in [2.45, 2.75) is 5.75 Å². The number of ether oxygens (including phenoxy) is 2. The van der Waals surface area contributed by atoms with E-state index in [9.17, 15) is 4.79 Å². The molecule has 0 saturated heterocycles. The van der Waals surface area contributed by atoms with Gasteiger partial charge in [0.05, 0.1) is 11.5 Å². The molecule has 132 valence electrons. The van der Waals surface area contributed by atoms with Crippen molar-refractivity contribution in [2.24, 2.45) is 0 Å². The molecule has 1 aromatic heterocycles. The van der Waals surface area contributed by atoms with E-state index >= 15 is 0 Å². The van der Waals surface area contributed by atoms with Crippen LogP contribution in [0.5, 0.6) is 11.5 Å². The quantitative estimate of drug-likeness (QED) is 0.713. The molecule has 0 bridgehead atoms. The van der Waals surface area contributed by atoms with E-state index in [0.717, 1.165) is 5.56 Å². The molecule has 0 aliphatic carbocycles. The summed E-state index contributed by atoms with van der Waals surface area (Å²) in [7, 11) is 0. The molecule has 7 nitrogen and oxygen atoms in total. The van der Waals surface area contributed by atoms with Gasteiger partial charge in [0.15, 0.2) is 11.5 Å². The molecule has 0 spiro atoms. The van der Waals surface area contributed by atoms with E-state index in [-0.39, 0.29) is 18.5 Å². The number of fused-ring (bicyclic) bond motifs is 1. The highest BCUT2D eigenvalue weighted by Gasteiger charge is 2.14. The van der Waals surface area contributed by atoms with Crippen molar-refractivity contribution in [3.8, 4) is 22.9 Å². The van der Waals surface area contributed by atoms with E-state index in [2.05, 4.69) is 15.5 Å². The minimum Gasteiger partial charge on any atom is -0.454 e. The first-order chi connectivity index (χ1) is 12.8. The van der Waals surface area contributed by atoms with Gasteiger partial charge in [-0.25, -0.2) is 0 Å². The minimum absolute atomic E-state index is 0.114. The standard InChI is InChI=1S/C18H15N3O4S/c22-16(19-13-6-7-14-15(8-13)24-11-23-14)9-26-10-17-20-18(21-25-17)12-4-2-1-3-5-12/h1-8H,9-11H2,(H,19,22). The zero-order chi connectivity index (χ0) is 17.8. The molecule has 0 saturated carbocycles. The molecule has 0 atom stereocenters. The summed E-state index contributed by atoms with van der Waals surface area (Å²) in [6.45, 7) is 0.206. The van der Waals surface area contributed by atoms with E-state index in [1.807, 2.05) is 30.3 Å². The van der Waals surface area contributed by atoms with Crippen LogP contribution in [-0.2, 0) is 10.5 Å². The number of carbonyl (C=O) groups excluding carboxylic acids is 1. The Morgan fingerprint density at radius 3 is 2.85 bits per heavy atom. The number of benzene rings is 2. The number of thioether (sulfide) groups is 1. The fourth-order valence-corrected chi connectivity index (χ4v) is 3.07. The van der Waals surface area contributed by atoms with Crippen LogP contribution in [0.2, 0.25) is 0 Å². The summed E-state index contributed by atoms with van der Waals surface area (Å²) in [5, 5.41) is 6.79. The topological polar surface area (TPSA) is 86.5 Å². The number of anilines is 1. The third kappa shape index (κ3) is 3.80. The average molecular weight is 369 g/mol. The van der Waals surface area contributed by atoms with Crippen LogP contribution in [0.1, 0.15) is 5.89 Å². The molecular formula is C18H15N3O4S. The SMILES string of the molecule is O=C(CSCc1nc(-c2ccccc2)no1)Nc1ccc2c(c1)OCO2. The molecule has 8 heteroatoms. The number of carbonyl (C=O) groups is 1. The summed E-state index contributed by atoms with van der Waals surface area (Å²) >= 11 is 1.40. The molecule has 1 aliphatic heterocycles. The third-order valence-electron chi connectivity index (χ3n) is 3.62. The van der Waals surface area contributed by atoms with E-state index < -0.39 is 0 Å². The Labute approximate surface area is 153 Å². The maximum atomic E-state index is 12.1. The van der Waals surface area contributed by atoms with Gasteiger partial charge in [-0.1, -0.05) is 35.5 Å². The Kier molecular flexibility index (Phi) is 4.74. The molecular weight excluding hydrogens is 354 g/mol. The van der Waals surface area contributed by atoms with E-state index in [1.165, 1.54) is 11.8 Å². The Morgan fingerprint density at radius 1 is 1.12 bits per heavy atom. The van der Waals surface area contributed by atoms with E-state index in [1.54, 1.807) is 18.2 Å². The second kappa shape index (κ2) is 7.49. The van der Waals surface area contributed by atoms with Crippen molar-refractivity contribution in [1.29, 1.82) is 0 Å². The number of nitrogens with zero attached hydrogens (tertiary/aromatic N) is 2. The molecule has 26 heavy (non-hydrogen) atoms. The van der Waals surface area contributed by atoms with Crippen LogP contribution in [0.4, 0.5) is 5.69 Å². The highest BCUT2D eigenvalue weighted by Crippen LogP contribution is 2.34. The lowest BCUT2D eigenvalue weighted by Crippen LogP contribution is -2.14. The highest BCUT2D eigenvalue weighted by molar-refractivity contribution is 7.99. The summed E-state index contributed by atoms with van der Waals surface area (Å²) in [6.07, 6.45) is 0. The zero-order valence-corrected chi connectivity index (χ0v) is 14.5. The van der Waals surface area contributed by atoms with E-state index in [4.69, 9.17) is 14.0 Å². The lowest BCUT2D eigenvalue weighted by molar-refractivity contribution is -0.113. The molecule has 2 heterocycles. The molecule has 0 fully saturated rings. The van der Waals surface area contributed by atoms with E-state index in [0.29, 0.717) is 34.7 Å². The van der Waals surface area contributed by atoms with Crippen molar-refractivity contribution in [1.82, 2.24) is 10.1 Å². The molecule has 4 rings (SSSR count). The van der Waals surface area contributed by atoms with Gasteiger partial charge in [-0.3, -0.25) is 4.79 Å². The summed E-state index contributed by atoms with van der Waals surface area (Å²) in [6, 6.07) is 14.9. The van der Waals surface area contributed by atoms with Crippen LogP contribution in [0.25, 0.3) is 11.4 Å². The zero-order valence-electron chi connectivity index (χ0n) is 13.7. The van der Waals surface area contributed by atoms with Gasteiger partial charge in [-0.05, 0) is 12.1 Å². The highest BCUT2D eigenvalue weighted by atomic mass is 32.2. The monoisotopic (exact) mass is 369 g/mol. The van der Waals surface area contributed by atoms with Crippen molar-refractivity contribution < 1.29 is 18.8 Å². The summed E-state index contributed by atoms with van der Waals surface area (Å²) in [5.41, 5.74) is 1.57. The maximum Gasteiger partial charge on any atom is 0.236 e. The first-order valence-electron chi connectivity index (χ1n) is 7.93. The summed E-state index contributed by atoms with van der Waals surface area (Å²) in [5.74, 6) is 2.98. The predicted molar refractivity (Wildman–Crippen MR) is 97.1 cm³/mol. The van der Waals surface area contributed by atoms with Crippen LogP contribution in [0.15, 0.2) is 53.1 Å². The van der Waals surface area contributed by atoms with Crippen molar-refractivity contribution >= 4 is 23.4 Å². The van der Waals surface area contributed by atoms with Crippen molar-refractivity contribution in [3.05, 3.63) is 54.4 Å². The lowest BCUT2D eigenvalue weighted by atomic mass is 10.2. The molecule has 0 radical (unpaired) electrons. The van der Waals surface area contributed by atoms with Gasteiger partial charge in [0, 0.05) is 17.3 Å². The Bertz CT molecular complexity index is 914. The van der Waals surface area contributed by atoms with Gasteiger partial charge in [-0.15, -0.1) is 11.8 Å². The third-order valence-corrected chi connectivity index (χ3v) is 4.53. The van der Waals surface area contributed by atoms with Crippen LogP contribution in [0.3, 0.4) is 0 Å². The van der Waals surface area contributed by atoms with Gasteiger partial charge in [0.25, 0.3) is 0 Å². The maximum absolute atomic E-state index is 12.1. The van der Waals surface area contributed by atoms with Crippen LogP contribution < -0.4 is 14.8 Å². The normalized spacial score (nSPS) is 12.2. The fraction of sp³-hybridized carbons (Fsp3) is 0.167. The Balaban J connectivity index is 1.27. The summed E-state index contributed by atoms with van der Waals surface area (Å²) < 4.78 is 15.8. The first kappa shape index (κ1) is 16.5. The number of rotatable bonds is 6. The minimum atomic E-state index is -0.114.